The Morgan fingerprint density at radius 2 is 1.96 bits per heavy atom. The van der Waals surface area contributed by atoms with Crippen molar-refractivity contribution in [2.75, 3.05) is 13.4 Å². The second-order valence-electron chi connectivity index (χ2n) is 5.68. The molecule has 0 spiro atoms. The van der Waals surface area contributed by atoms with Crippen LogP contribution in [0, 0.1) is 0 Å². The lowest BCUT2D eigenvalue weighted by molar-refractivity contribution is -0.132. The van der Waals surface area contributed by atoms with E-state index in [2.05, 4.69) is 0 Å². The molecule has 2 aromatic carbocycles. The van der Waals surface area contributed by atoms with Gasteiger partial charge in [-0.1, -0.05) is 25.1 Å². The van der Waals surface area contributed by atoms with Gasteiger partial charge in [0.15, 0.2) is 17.3 Å². The Morgan fingerprint density at radius 3 is 2.73 bits per heavy atom. The van der Waals surface area contributed by atoms with Crippen LogP contribution in [0.3, 0.4) is 0 Å². The van der Waals surface area contributed by atoms with Gasteiger partial charge in [0.25, 0.3) is 0 Å². The first kappa shape index (κ1) is 17.5. The molecule has 26 heavy (non-hydrogen) atoms. The first-order valence-corrected chi connectivity index (χ1v) is 8.20. The Kier molecular flexibility index (Phi) is 5.22. The Morgan fingerprint density at radius 1 is 1.15 bits per heavy atom. The molecule has 0 bridgehead atoms. The minimum absolute atomic E-state index is 0.123. The predicted molar refractivity (Wildman–Crippen MR) is 94.7 cm³/mol. The third-order valence-corrected chi connectivity index (χ3v) is 3.75. The zero-order chi connectivity index (χ0) is 18.5. The normalized spacial score (nSPS) is 12.7. The smallest absolute Gasteiger partial charge is 0.339 e. The van der Waals surface area contributed by atoms with E-state index < -0.39 is 11.8 Å². The van der Waals surface area contributed by atoms with Crippen LogP contribution in [-0.2, 0) is 4.79 Å². The maximum atomic E-state index is 12.7. The molecule has 0 saturated heterocycles. The molecule has 6 heteroatoms. The van der Waals surface area contributed by atoms with Crippen LogP contribution in [-0.4, -0.2) is 30.3 Å². The Balaban J connectivity index is 1.90. The van der Waals surface area contributed by atoms with Crippen molar-refractivity contribution in [1.82, 2.24) is 0 Å². The van der Waals surface area contributed by atoms with E-state index in [-0.39, 0.29) is 17.9 Å². The van der Waals surface area contributed by atoms with E-state index >= 15 is 0 Å². The monoisotopic (exact) mass is 354 g/mol. The van der Waals surface area contributed by atoms with Crippen molar-refractivity contribution in [2.45, 2.75) is 13.3 Å². The van der Waals surface area contributed by atoms with Gasteiger partial charge in [-0.2, -0.15) is 0 Å². The van der Waals surface area contributed by atoms with E-state index in [4.69, 9.17) is 14.2 Å². The average molecular weight is 354 g/mol. The number of carboxylic acids is 1. The number of carboxylic acid groups (broad SMARTS) is 1. The molecular weight excluding hydrogens is 336 g/mol. The van der Waals surface area contributed by atoms with Crippen LogP contribution in [0.1, 0.15) is 29.3 Å². The average Bonchev–Trinajstić information content (AvgIpc) is 3.11. The third-order valence-electron chi connectivity index (χ3n) is 3.75. The molecule has 0 fully saturated rings. The van der Waals surface area contributed by atoms with E-state index in [9.17, 15) is 14.7 Å². The molecule has 0 saturated carbocycles. The van der Waals surface area contributed by atoms with Gasteiger partial charge >= 0.3 is 5.97 Å². The number of carbonyl (C=O) groups is 2. The number of aliphatic carboxylic acids is 1. The van der Waals surface area contributed by atoms with Crippen molar-refractivity contribution >= 4 is 17.8 Å². The van der Waals surface area contributed by atoms with Crippen LogP contribution < -0.4 is 14.2 Å². The molecule has 0 unspecified atom stereocenters. The summed E-state index contributed by atoms with van der Waals surface area (Å²) in [7, 11) is 0. The van der Waals surface area contributed by atoms with E-state index in [1.54, 1.807) is 42.5 Å². The van der Waals surface area contributed by atoms with E-state index in [0.29, 0.717) is 29.4 Å². The lowest BCUT2D eigenvalue weighted by atomic mass is 10.0. The standard InChI is InChI=1S/C20H18O6/c1-2-8-24-15-5-3-4-14(11-15)19(21)16(20(22)23)9-13-6-7-17-18(10-13)26-12-25-17/h3-7,9-11H,2,8,12H2,1H3,(H,22,23)/b16-9+. The van der Waals surface area contributed by atoms with Gasteiger partial charge in [0.2, 0.25) is 6.79 Å². The van der Waals surface area contributed by atoms with Gasteiger partial charge in [-0.15, -0.1) is 0 Å². The highest BCUT2D eigenvalue weighted by molar-refractivity contribution is 6.26. The summed E-state index contributed by atoms with van der Waals surface area (Å²) in [5.74, 6) is -0.243. The quantitative estimate of drug-likeness (QED) is 0.354. The number of ketones is 1. The van der Waals surface area contributed by atoms with Crippen LogP contribution in [0.2, 0.25) is 0 Å². The second-order valence-corrected chi connectivity index (χ2v) is 5.68. The van der Waals surface area contributed by atoms with Gasteiger partial charge in [0, 0.05) is 5.56 Å². The number of hydrogen-bond acceptors (Lipinski definition) is 5. The van der Waals surface area contributed by atoms with Crippen LogP contribution in [0.4, 0.5) is 0 Å². The Hall–Kier alpha value is -3.28. The van der Waals surface area contributed by atoms with Crippen molar-refractivity contribution < 1.29 is 28.9 Å². The minimum Gasteiger partial charge on any atom is -0.494 e. The first-order valence-electron chi connectivity index (χ1n) is 8.20. The van der Waals surface area contributed by atoms with Crippen LogP contribution in [0.5, 0.6) is 17.2 Å². The first-order chi connectivity index (χ1) is 12.6. The molecule has 3 rings (SSSR count). The van der Waals surface area contributed by atoms with Crippen molar-refractivity contribution in [3.8, 4) is 17.2 Å². The van der Waals surface area contributed by atoms with E-state index in [1.807, 2.05) is 6.92 Å². The van der Waals surface area contributed by atoms with Crippen LogP contribution >= 0.6 is 0 Å². The number of ether oxygens (including phenoxy) is 3. The number of hydrogen-bond donors (Lipinski definition) is 1. The molecule has 0 atom stereocenters. The molecule has 2 aromatic rings. The predicted octanol–water partition coefficient (Wildman–Crippen LogP) is 3.56. The molecule has 1 aliphatic rings. The van der Waals surface area contributed by atoms with Crippen molar-refractivity contribution in [2.24, 2.45) is 0 Å². The number of rotatable bonds is 7. The van der Waals surface area contributed by atoms with Gasteiger partial charge in [-0.3, -0.25) is 4.79 Å². The minimum atomic E-state index is -1.30. The number of carbonyl (C=O) groups excluding carboxylic acids is 1. The van der Waals surface area contributed by atoms with Crippen LogP contribution in [0.25, 0.3) is 6.08 Å². The molecule has 0 amide bonds. The topological polar surface area (TPSA) is 82.1 Å². The molecule has 1 N–H and O–H groups in total. The Bertz CT molecular complexity index is 868. The maximum Gasteiger partial charge on any atom is 0.339 e. The molecule has 6 nitrogen and oxygen atoms in total. The van der Waals surface area contributed by atoms with Gasteiger partial charge in [0.05, 0.1) is 6.61 Å². The molecule has 1 heterocycles. The third kappa shape index (κ3) is 3.85. The van der Waals surface area contributed by atoms with Crippen LogP contribution in [0.15, 0.2) is 48.0 Å². The summed E-state index contributed by atoms with van der Waals surface area (Å²) >= 11 is 0. The van der Waals surface area contributed by atoms with Crippen molar-refractivity contribution in [3.05, 3.63) is 59.2 Å². The van der Waals surface area contributed by atoms with Gasteiger partial charge in [-0.25, -0.2) is 4.79 Å². The van der Waals surface area contributed by atoms with Gasteiger partial charge < -0.3 is 19.3 Å². The molecule has 134 valence electrons. The van der Waals surface area contributed by atoms with Crippen molar-refractivity contribution in [1.29, 1.82) is 0 Å². The summed E-state index contributed by atoms with van der Waals surface area (Å²) in [6, 6.07) is 11.5. The number of benzene rings is 2. The number of fused-ring (bicyclic) bond motifs is 1. The van der Waals surface area contributed by atoms with E-state index in [0.717, 1.165) is 6.42 Å². The number of Topliss-reactive ketones (excluding diaryl/α,β-unsaturated/α-hetero) is 1. The molecular formula is C20H18O6. The fourth-order valence-electron chi connectivity index (χ4n) is 2.50. The largest absolute Gasteiger partial charge is 0.494 e. The Labute approximate surface area is 150 Å². The SMILES string of the molecule is CCCOc1cccc(C(=O)/C(=C\c2ccc3c(c2)OCO3)C(=O)O)c1. The summed E-state index contributed by atoms with van der Waals surface area (Å²) in [6.45, 7) is 2.62. The second kappa shape index (κ2) is 7.74. The van der Waals surface area contributed by atoms with Gasteiger partial charge in [-0.05, 0) is 42.3 Å². The molecule has 0 aliphatic carbocycles. The van der Waals surface area contributed by atoms with Crippen molar-refractivity contribution in [3.63, 3.8) is 0 Å². The highest BCUT2D eigenvalue weighted by Crippen LogP contribution is 2.33. The lowest BCUT2D eigenvalue weighted by Crippen LogP contribution is -2.12. The summed E-state index contributed by atoms with van der Waals surface area (Å²) < 4.78 is 16.0. The fourth-order valence-corrected chi connectivity index (χ4v) is 2.50. The molecule has 1 aliphatic heterocycles. The molecule has 0 aromatic heterocycles. The summed E-state index contributed by atoms with van der Waals surface area (Å²) in [5.41, 5.74) is 0.461. The zero-order valence-electron chi connectivity index (χ0n) is 14.2. The van der Waals surface area contributed by atoms with Gasteiger partial charge in [0.1, 0.15) is 11.3 Å². The highest BCUT2D eigenvalue weighted by Gasteiger charge is 2.21. The summed E-state index contributed by atoms with van der Waals surface area (Å²) in [5, 5.41) is 9.49. The van der Waals surface area contributed by atoms with E-state index in [1.165, 1.54) is 6.08 Å². The summed E-state index contributed by atoms with van der Waals surface area (Å²) in [4.78, 5) is 24.3. The summed E-state index contributed by atoms with van der Waals surface area (Å²) in [6.07, 6.45) is 2.16. The lowest BCUT2D eigenvalue weighted by Gasteiger charge is -2.07. The maximum absolute atomic E-state index is 12.7. The fraction of sp³-hybridized carbons (Fsp3) is 0.200. The highest BCUT2D eigenvalue weighted by atomic mass is 16.7. The zero-order valence-corrected chi connectivity index (χ0v) is 14.2. The molecule has 0 radical (unpaired) electrons.